The second-order valence-electron chi connectivity index (χ2n) is 5.99. The fourth-order valence-corrected chi connectivity index (χ4v) is 2.90. The van der Waals surface area contributed by atoms with Crippen molar-refractivity contribution in [1.82, 2.24) is 5.32 Å². The van der Waals surface area contributed by atoms with Crippen molar-refractivity contribution >= 4 is 17.7 Å². The lowest BCUT2D eigenvalue weighted by atomic mass is 10.1. The van der Waals surface area contributed by atoms with Gasteiger partial charge >= 0.3 is 0 Å². The second kappa shape index (κ2) is 10.9. The van der Waals surface area contributed by atoms with E-state index < -0.39 is 18.1 Å². The van der Waals surface area contributed by atoms with Crippen LogP contribution in [0.2, 0.25) is 0 Å². The number of nitrogens with two attached hydrogens (primary N) is 1. The van der Waals surface area contributed by atoms with Crippen LogP contribution in [0, 0.1) is 0 Å². The highest BCUT2D eigenvalue weighted by molar-refractivity contribution is 7.98. The van der Waals surface area contributed by atoms with E-state index >= 15 is 0 Å². The van der Waals surface area contributed by atoms with Crippen LogP contribution in [0.5, 0.6) is 11.5 Å². The van der Waals surface area contributed by atoms with Crippen LogP contribution in [0.4, 0.5) is 0 Å². The number of para-hydroxylation sites is 1. The minimum absolute atomic E-state index is 0.414. The summed E-state index contributed by atoms with van der Waals surface area (Å²) in [6.45, 7) is 0.448. The van der Waals surface area contributed by atoms with Gasteiger partial charge in [0.05, 0.1) is 0 Å². The average Bonchev–Trinajstić information content (AvgIpc) is 2.67. The highest BCUT2D eigenvalue weighted by atomic mass is 32.2. The Morgan fingerprint density at radius 1 is 1.15 bits per heavy atom. The number of carbonyl (C=O) groups excluding carboxylic acids is 1. The van der Waals surface area contributed by atoms with E-state index in [0.29, 0.717) is 19.4 Å². The number of thioether (sulfide) groups is 1. The Labute approximate surface area is 158 Å². The molecule has 2 aromatic carbocycles. The first-order valence-corrected chi connectivity index (χ1v) is 10.0. The van der Waals surface area contributed by atoms with Gasteiger partial charge in [-0.15, -0.1) is 0 Å². The summed E-state index contributed by atoms with van der Waals surface area (Å²) in [7, 11) is 0. The molecule has 6 heteroatoms. The van der Waals surface area contributed by atoms with E-state index in [9.17, 15) is 9.90 Å². The Balaban J connectivity index is 1.74. The summed E-state index contributed by atoms with van der Waals surface area (Å²) in [4.78, 5) is 11.9. The molecule has 2 aromatic rings. The average molecular weight is 375 g/mol. The van der Waals surface area contributed by atoms with Crippen molar-refractivity contribution in [2.24, 2.45) is 5.73 Å². The summed E-state index contributed by atoms with van der Waals surface area (Å²) in [6.07, 6.45) is 2.08. The molecular formula is C20H26N2O3S. The largest absolute Gasteiger partial charge is 0.457 e. The van der Waals surface area contributed by atoms with Crippen molar-refractivity contribution in [3.05, 3.63) is 60.2 Å². The number of carbonyl (C=O) groups is 1. The molecule has 0 heterocycles. The fraction of sp³-hybridized carbons (Fsp3) is 0.350. The van der Waals surface area contributed by atoms with Crippen LogP contribution in [-0.4, -0.2) is 41.7 Å². The second-order valence-corrected chi connectivity index (χ2v) is 6.98. The molecule has 1 unspecified atom stereocenters. The topological polar surface area (TPSA) is 84.6 Å². The molecule has 0 saturated carbocycles. The van der Waals surface area contributed by atoms with E-state index in [4.69, 9.17) is 10.5 Å². The number of ether oxygens (including phenoxy) is 1. The number of rotatable bonds is 10. The molecule has 0 spiro atoms. The smallest absolute Gasteiger partial charge is 0.250 e. The summed E-state index contributed by atoms with van der Waals surface area (Å²) >= 11 is 1.64. The van der Waals surface area contributed by atoms with E-state index in [0.717, 1.165) is 22.8 Å². The van der Waals surface area contributed by atoms with Crippen molar-refractivity contribution in [1.29, 1.82) is 0 Å². The minimum atomic E-state index is -1.16. The van der Waals surface area contributed by atoms with Crippen LogP contribution < -0.4 is 15.8 Å². The molecule has 140 valence electrons. The Hall–Kier alpha value is -2.02. The van der Waals surface area contributed by atoms with Crippen LogP contribution in [0.3, 0.4) is 0 Å². The van der Waals surface area contributed by atoms with Gasteiger partial charge in [-0.2, -0.15) is 11.8 Å². The zero-order valence-electron chi connectivity index (χ0n) is 14.9. The summed E-state index contributed by atoms with van der Waals surface area (Å²) in [6, 6.07) is 16.8. The quantitative estimate of drug-likeness (QED) is 0.595. The third-order valence-electron chi connectivity index (χ3n) is 3.94. The molecule has 1 amide bonds. The lowest BCUT2D eigenvalue weighted by Crippen LogP contribution is -2.47. The summed E-state index contributed by atoms with van der Waals surface area (Å²) < 4.78 is 5.75. The Kier molecular flexibility index (Phi) is 8.47. The summed E-state index contributed by atoms with van der Waals surface area (Å²) in [5.41, 5.74) is 6.90. The third kappa shape index (κ3) is 6.71. The van der Waals surface area contributed by atoms with Gasteiger partial charge in [-0.05, 0) is 54.7 Å². The van der Waals surface area contributed by atoms with Crippen molar-refractivity contribution in [3.8, 4) is 11.5 Å². The van der Waals surface area contributed by atoms with Crippen LogP contribution in [0.1, 0.15) is 12.0 Å². The fourth-order valence-electron chi connectivity index (χ4n) is 2.39. The van der Waals surface area contributed by atoms with Gasteiger partial charge in [-0.1, -0.05) is 30.3 Å². The van der Waals surface area contributed by atoms with Gasteiger partial charge in [0.1, 0.15) is 17.6 Å². The zero-order valence-corrected chi connectivity index (χ0v) is 15.7. The Morgan fingerprint density at radius 3 is 2.46 bits per heavy atom. The number of nitrogens with one attached hydrogen (secondary N) is 1. The van der Waals surface area contributed by atoms with Crippen molar-refractivity contribution in [2.75, 3.05) is 18.6 Å². The maximum atomic E-state index is 11.9. The van der Waals surface area contributed by atoms with Gasteiger partial charge in [0.15, 0.2) is 0 Å². The van der Waals surface area contributed by atoms with Gasteiger partial charge in [0.25, 0.3) is 0 Å². The lowest BCUT2D eigenvalue weighted by Gasteiger charge is -2.18. The minimum Gasteiger partial charge on any atom is -0.457 e. The van der Waals surface area contributed by atoms with Crippen LogP contribution in [0.25, 0.3) is 0 Å². The molecule has 0 aliphatic rings. The van der Waals surface area contributed by atoms with E-state index in [1.54, 1.807) is 11.8 Å². The standard InChI is InChI=1S/C20H26N2O3S/c1-26-14-12-18(21)19(23)20(24)22-13-11-15-7-9-17(10-8-15)25-16-5-3-2-4-6-16/h2-10,18-19,23H,11-14,21H2,1H3,(H,22,24)/t18-,19?/m1/s1. The molecule has 4 N–H and O–H groups in total. The molecule has 0 aromatic heterocycles. The van der Waals surface area contributed by atoms with E-state index in [2.05, 4.69) is 5.32 Å². The molecule has 0 aliphatic heterocycles. The maximum Gasteiger partial charge on any atom is 0.250 e. The van der Waals surface area contributed by atoms with Gasteiger partial charge in [-0.3, -0.25) is 4.79 Å². The first kappa shape index (κ1) is 20.3. The first-order chi connectivity index (χ1) is 12.6. The molecule has 2 rings (SSSR count). The molecular weight excluding hydrogens is 348 g/mol. The molecule has 0 radical (unpaired) electrons. The third-order valence-corrected chi connectivity index (χ3v) is 4.59. The van der Waals surface area contributed by atoms with Crippen molar-refractivity contribution in [3.63, 3.8) is 0 Å². The molecule has 26 heavy (non-hydrogen) atoms. The highest BCUT2D eigenvalue weighted by Crippen LogP contribution is 2.21. The number of benzene rings is 2. The molecule has 5 nitrogen and oxygen atoms in total. The molecule has 0 bridgehead atoms. The highest BCUT2D eigenvalue weighted by Gasteiger charge is 2.21. The predicted octanol–water partition coefficient (Wildman–Crippen LogP) is 2.58. The normalized spacial score (nSPS) is 13.0. The van der Waals surface area contributed by atoms with E-state index in [-0.39, 0.29) is 0 Å². The van der Waals surface area contributed by atoms with Gasteiger partial charge in [0.2, 0.25) is 5.91 Å². The van der Waals surface area contributed by atoms with E-state index in [1.165, 1.54) is 0 Å². The van der Waals surface area contributed by atoms with Crippen LogP contribution in [-0.2, 0) is 11.2 Å². The molecule has 2 atom stereocenters. The lowest BCUT2D eigenvalue weighted by molar-refractivity contribution is -0.130. The summed E-state index contributed by atoms with van der Waals surface area (Å²) in [5, 5.41) is 12.7. The van der Waals surface area contributed by atoms with Crippen LogP contribution >= 0.6 is 11.8 Å². The zero-order chi connectivity index (χ0) is 18.8. The van der Waals surface area contributed by atoms with Crippen molar-refractivity contribution < 1.29 is 14.6 Å². The molecule has 0 saturated heterocycles. The monoisotopic (exact) mass is 374 g/mol. The molecule has 0 aliphatic carbocycles. The van der Waals surface area contributed by atoms with Crippen molar-refractivity contribution in [2.45, 2.75) is 25.0 Å². The Bertz CT molecular complexity index is 665. The van der Waals surface area contributed by atoms with Gasteiger partial charge in [0, 0.05) is 12.6 Å². The maximum absolute atomic E-state index is 11.9. The molecule has 0 fully saturated rings. The SMILES string of the molecule is CSCC[C@@H](N)C(O)C(=O)NCCc1ccc(Oc2ccccc2)cc1. The van der Waals surface area contributed by atoms with Gasteiger partial charge < -0.3 is 20.9 Å². The summed E-state index contributed by atoms with van der Waals surface area (Å²) in [5.74, 6) is 1.96. The number of aliphatic hydroxyl groups is 1. The van der Waals surface area contributed by atoms with Crippen LogP contribution in [0.15, 0.2) is 54.6 Å². The first-order valence-electron chi connectivity index (χ1n) is 8.62. The number of hydrogen-bond donors (Lipinski definition) is 3. The number of hydrogen-bond acceptors (Lipinski definition) is 5. The predicted molar refractivity (Wildman–Crippen MR) is 107 cm³/mol. The number of aliphatic hydroxyl groups excluding tert-OH is 1. The van der Waals surface area contributed by atoms with E-state index in [1.807, 2.05) is 60.9 Å². The Morgan fingerprint density at radius 2 is 1.81 bits per heavy atom. The number of amides is 1. The van der Waals surface area contributed by atoms with Gasteiger partial charge in [-0.25, -0.2) is 0 Å².